The number of nitrogens with zero attached hydrogens (tertiary/aromatic N) is 4. The lowest BCUT2D eigenvalue weighted by Crippen LogP contribution is -2.36. The largest absolute Gasteiger partial charge is 0.493 e. The fourth-order valence-corrected chi connectivity index (χ4v) is 5.33. The fourth-order valence-electron chi connectivity index (χ4n) is 5.33. The normalized spacial score (nSPS) is 16.1. The number of carbonyl (C=O) groups excluding carboxylic acids is 1. The average Bonchev–Trinajstić information content (AvgIpc) is 3.00. The molecule has 0 spiro atoms. The predicted molar refractivity (Wildman–Crippen MR) is 153 cm³/mol. The van der Waals surface area contributed by atoms with Crippen molar-refractivity contribution in [2.75, 3.05) is 50.7 Å². The van der Waals surface area contributed by atoms with E-state index in [-0.39, 0.29) is 0 Å². The van der Waals surface area contributed by atoms with Gasteiger partial charge in [-0.2, -0.15) is 0 Å². The number of nitrogens with one attached hydrogen (secondary N) is 1. The second-order valence-corrected chi connectivity index (χ2v) is 10.1. The van der Waals surface area contributed by atoms with Gasteiger partial charge < -0.3 is 24.4 Å². The molecule has 3 aromatic rings. The van der Waals surface area contributed by atoms with Crippen LogP contribution >= 0.6 is 0 Å². The zero-order chi connectivity index (χ0) is 27.2. The fraction of sp³-hybridized carbons (Fsp3) is 0.467. The summed E-state index contributed by atoms with van der Waals surface area (Å²) in [5.41, 5.74) is 4.71. The quantitative estimate of drug-likeness (QED) is 0.359. The highest BCUT2D eigenvalue weighted by Gasteiger charge is 2.22. The first-order chi connectivity index (χ1) is 19.1. The molecule has 1 aliphatic heterocycles. The molecule has 9 nitrogen and oxygen atoms in total. The Hall–Kier alpha value is -3.88. The summed E-state index contributed by atoms with van der Waals surface area (Å²) in [5, 5.41) is 4.78. The number of hydrogen-bond donors (Lipinski definition) is 1. The summed E-state index contributed by atoms with van der Waals surface area (Å²) in [6, 6.07) is 6.18. The van der Waals surface area contributed by atoms with Crippen molar-refractivity contribution in [3.63, 3.8) is 0 Å². The van der Waals surface area contributed by atoms with Crippen molar-refractivity contribution < 1.29 is 19.0 Å². The van der Waals surface area contributed by atoms with Gasteiger partial charge in [0.25, 0.3) is 0 Å². The van der Waals surface area contributed by atoms with Gasteiger partial charge >= 0.3 is 5.97 Å². The average molecular weight is 532 g/mol. The Morgan fingerprint density at radius 1 is 1.05 bits per heavy atom. The van der Waals surface area contributed by atoms with E-state index in [0.717, 1.165) is 67.6 Å². The molecule has 1 aromatic carbocycles. The van der Waals surface area contributed by atoms with Crippen LogP contribution in [0.1, 0.15) is 61.5 Å². The highest BCUT2D eigenvalue weighted by molar-refractivity contribution is 5.95. The van der Waals surface area contributed by atoms with Crippen LogP contribution in [0.25, 0.3) is 16.5 Å². The first-order valence-corrected chi connectivity index (χ1v) is 13.8. The number of anilines is 2. The van der Waals surface area contributed by atoms with Crippen molar-refractivity contribution in [2.24, 2.45) is 5.92 Å². The molecule has 0 amide bonds. The number of aromatic nitrogens is 3. The molecule has 206 valence electrons. The SMILES string of the molecule is CCOC(=O)c1cnc(N2CCC(CNc3cc(C4=CCCCC4)nc4cc(OC)c(OC)cc34)CC2)nc1. The molecule has 1 N–H and O–H groups in total. The second-order valence-electron chi connectivity index (χ2n) is 10.1. The minimum absolute atomic E-state index is 0.332. The summed E-state index contributed by atoms with van der Waals surface area (Å²) in [4.78, 5) is 27.9. The molecule has 1 aliphatic carbocycles. The lowest BCUT2D eigenvalue weighted by Gasteiger charge is -2.32. The van der Waals surface area contributed by atoms with Crippen LogP contribution in [-0.2, 0) is 4.74 Å². The Morgan fingerprint density at radius 2 is 1.79 bits per heavy atom. The molecule has 0 atom stereocenters. The van der Waals surface area contributed by atoms with Crippen molar-refractivity contribution in [3.05, 3.63) is 47.9 Å². The van der Waals surface area contributed by atoms with E-state index < -0.39 is 5.97 Å². The van der Waals surface area contributed by atoms with E-state index in [0.29, 0.717) is 35.5 Å². The van der Waals surface area contributed by atoms with Gasteiger partial charge in [-0.25, -0.2) is 19.7 Å². The van der Waals surface area contributed by atoms with Gasteiger partial charge in [0.15, 0.2) is 11.5 Å². The number of rotatable bonds is 9. The molecule has 9 heteroatoms. The lowest BCUT2D eigenvalue weighted by atomic mass is 9.95. The van der Waals surface area contributed by atoms with Gasteiger partial charge in [0.2, 0.25) is 5.95 Å². The van der Waals surface area contributed by atoms with Crippen molar-refractivity contribution in [1.29, 1.82) is 0 Å². The van der Waals surface area contributed by atoms with Crippen LogP contribution in [0.4, 0.5) is 11.6 Å². The van der Waals surface area contributed by atoms with Crippen molar-refractivity contribution in [1.82, 2.24) is 15.0 Å². The third kappa shape index (κ3) is 6.08. The Morgan fingerprint density at radius 3 is 2.46 bits per heavy atom. The maximum absolute atomic E-state index is 11.9. The van der Waals surface area contributed by atoms with Crippen molar-refractivity contribution >= 4 is 34.1 Å². The summed E-state index contributed by atoms with van der Waals surface area (Å²) in [5.74, 6) is 2.16. The number of carbonyl (C=O) groups is 1. The summed E-state index contributed by atoms with van der Waals surface area (Å²) in [7, 11) is 3.32. The Balaban J connectivity index is 1.29. The lowest BCUT2D eigenvalue weighted by molar-refractivity contribution is 0.0525. The molecule has 0 unspecified atom stereocenters. The highest BCUT2D eigenvalue weighted by Crippen LogP contribution is 2.37. The maximum atomic E-state index is 11.9. The molecule has 39 heavy (non-hydrogen) atoms. The number of methoxy groups -OCH3 is 2. The zero-order valence-corrected chi connectivity index (χ0v) is 23.0. The topological polar surface area (TPSA) is 98.7 Å². The molecule has 5 rings (SSSR count). The molecule has 0 radical (unpaired) electrons. The zero-order valence-electron chi connectivity index (χ0n) is 23.0. The molecular formula is C30H37N5O4. The number of benzene rings is 1. The first kappa shape index (κ1) is 26.7. The highest BCUT2D eigenvalue weighted by atomic mass is 16.5. The molecule has 2 aliphatic rings. The Labute approximate surface area is 229 Å². The van der Waals surface area contributed by atoms with Gasteiger partial charge in [0, 0.05) is 49.2 Å². The number of pyridine rings is 1. The summed E-state index contributed by atoms with van der Waals surface area (Å²) >= 11 is 0. The number of hydrogen-bond acceptors (Lipinski definition) is 9. The van der Waals surface area contributed by atoms with Gasteiger partial charge in [0.05, 0.1) is 37.6 Å². The predicted octanol–water partition coefficient (Wildman–Crippen LogP) is 5.50. The monoisotopic (exact) mass is 531 g/mol. The van der Waals surface area contributed by atoms with Crippen molar-refractivity contribution in [3.8, 4) is 11.5 Å². The van der Waals surface area contributed by atoms with E-state index in [4.69, 9.17) is 19.2 Å². The maximum Gasteiger partial charge on any atom is 0.341 e. The van der Waals surface area contributed by atoms with Crippen LogP contribution in [0.2, 0.25) is 0 Å². The van der Waals surface area contributed by atoms with Crippen LogP contribution in [0.3, 0.4) is 0 Å². The molecule has 1 saturated heterocycles. The Bertz CT molecular complexity index is 1330. The number of ether oxygens (including phenoxy) is 3. The Kier molecular flexibility index (Phi) is 8.44. The number of piperidine rings is 1. The number of allylic oxidation sites excluding steroid dienone is 2. The van der Waals surface area contributed by atoms with Gasteiger partial charge in [-0.15, -0.1) is 0 Å². The van der Waals surface area contributed by atoms with Gasteiger partial charge in [0.1, 0.15) is 0 Å². The first-order valence-electron chi connectivity index (χ1n) is 13.8. The van der Waals surface area contributed by atoms with E-state index in [1.54, 1.807) is 33.5 Å². The van der Waals surface area contributed by atoms with E-state index >= 15 is 0 Å². The third-order valence-corrected chi connectivity index (χ3v) is 7.56. The summed E-state index contributed by atoms with van der Waals surface area (Å²) in [6.45, 7) is 4.71. The summed E-state index contributed by atoms with van der Waals surface area (Å²) in [6.07, 6.45) is 12.1. The minimum atomic E-state index is -0.392. The molecule has 0 saturated carbocycles. The van der Waals surface area contributed by atoms with Gasteiger partial charge in [-0.3, -0.25) is 0 Å². The van der Waals surface area contributed by atoms with Crippen LogP contribution in [0, 0.1) is 5.92 Å². The van der Waals surface area contributed by atoms with E-state index in [2.05, 4.69) is 32.3 Å². The minimum Gasteiger partial charge on any atom is -0.493 e. The van der Waals surface area contributed by atoms with E-state index in [1.165, 1.54) is 18.4 Å². The number of fused-ring (bicyclic) bond motifs is 1. The third-order valence-electron chi connectivity index (χ3n) is 7.56. The molecule has 2 aromatic heterocycles. The van der Waals surface area contributed by atoms with Crippen LogP contribution in [-0.4, -0.2) is 61.4 Å². The van der Waals surface area contributed by atoms with Gasteiger partial charge in [-0.1, -0.05) is 6.08 Å². The molecular weight excluding hydrogens is 494 g/mol. The molecule has 1 fully saturated rings. The van der Waals surface area contributed by atoms with Crippen LogP contribution in [0.15, 0.2) is 36.7 Å². The van der Waals surface area contributed by atoms with Crippen LogP contribution in [0.5, 0.6) is 11.5 Å². The van der Waals surface area contributed by atoms with Crippen LogP contribution < -0.4 is 19.7 Å². The van der Waals surface area contributed by atoms with E-state index in [9.17, 15) is 4.79 Å². The summed E-state index contributed by atoms with van der Waals surface area (Å²) < 4.78 is 16.2. The second kappa shape index (κ2) is 12.3. The molecule has 0 bridgehead atoms. The number of esters is 1. The van der Waals surface area contributed by atoms with Crippen molar-refractivity contribution in [2.45, 2.75) is 45.4 Å². The molecule has 3 heterocycles. The smallest absolute Gasteiger partial charge is 0.341 e. The standard InChI is InChI=1S/C30H37N5O4/c1-4-39-29(36)22-18-32-30(33-19-22)35-12-10-20(11-13-35)17-31-25-15-24(21-8-6-5-7-9-21)34-26-16-28(38-3)27(37-2)14-23(25)26/h8,14-16,18-20H,4-7,9-13,17H2,1-3H3,(H,31,34). The van der Waals surface area contributed by atoms with E-state index in [1.807, 2.05) is 12.1 Å². The van der Waals surface area contributed by atoms with Gasteiger partial charge in [-0.05, 0) is 69.1 Å².